The number of methoxy groups -OCH3 is 1. The van der Waals surface area contributed by atoms with E-state index in [1.807, 2.05) is 0 Å². The second-order valence-corrected chi connectivity index (χ2v) is 3.76. The molecule has 17 heavy (non-hydrogen) atoms. The zero-order valence-corrected chi connectivity index (χ0v) is 9.90. The van der Waals surface area contributed by atoms with Gasteiger partial charge >= 0.3 is 5.97 Å². The molecule has 0 saturated heterocycles. The summed E-state index contributed by atoms with van der Waals surface area (Å²) in [6, 6.07) is 6.87. The van der Waals surface area contributed by atoms with Crippen molar-refractivity contribution in [1.29, 1.82) is 0 Å². The number of ether oxygens (including phenoxy) is 1. The van der Waals surface area contributed by atoms with Crippen LogP contribution in [0.15, 0.2) is 24.3 Å². The molecular weight excluding hydrogens is 220 g/mol. The van der Waals surface area contributed by atoms with Crippen LogP contribution >= 0.6 is 0 Å². The van der Waals surface area contributed by atoms with Gasteiger partial charge in [0.05, 0.1) is 18.6 Å². The molecule has 0 fully saturated rings. The van der Waals surface area contributed by atoms with Gasteiger partial charge in [-0.15, -0.1) is 0 Å². The van der Waals surface area contributed by atoms with Gasteiger partial charge in [-0.2, -0.15) is 0 Å². The molecule has 92 valence electrons. The average Bonchev–Trinajstić information content (AvgIpc) is 2.35. The molecule has 1 amide bonds. The van der Waals surface area contributed by atoms with E-state index in [9.17, 15) is 9.59 Å². The summed E-state index contributed by atoms with van der Waals surface area (Å²) in [5, 5.41) is 3.04. The molecule has 1 aromatic carbocycles. The van der Waals surface area contributed by atoms with Crippen molar-refractivity contribution < 1.29 is 14.3 Å². The summed E-state index contributed by atoms with van der Waals surface area (Å²) in [7, 11) is 1.33. The number of rotatable bonds is 5. The summed E-state index contributed by atoms with van der Waals surface area (Å²) in [6.07, 6.45) is 0. The first-order chi connectivity index (χ1) is 8.04. The lowest BCUT2D eigenvalue weighted by Crippen LogP contribution is -2.26. The molecule has 5 heteroatoms. The fourth-order valence-corrected chi connectivity index (χ4v) is 1.25. The smallest absolute Gasteiger partial charge is 0.337 e. The van der Waals surface area contributed by atoms with E-state index in [2.05, 4.69) is 10.1 Å². The van der Waals surface area contributed by atoms with Crippen molar-refractivity contribution >= 4 is 17.6 Å². The lowest BCUT2D eigenvalue weighted by atomic mass is 10.1. The van der Waals surface area contributed by atoms with Crippen molar-refractivity contribution in [2.45, 2.75) is 6.92 Å². The number of nitrogens with one attached hydrogen (secondary N) is 1. The molecule has 0 aliphatic carbocycles. The maximum atomic E-state index is 11.3. The first kappa shape index (κ1) is 13.0. The summed E-state index contributed by atoms with van der Waals surface area (Å²) < 4.78 is 4.61. The largest absolute Gasteiger partial charge is 0.465 e. The molecule has 0 heterocycles. The van der Waals surface area contributed by atoms with Gasteiger partial charge in [0.2, 0.25) is 5.91 Å². The van der Waals surface area contributed by atoms with E-state index in [-0.39, 0.29) is 11.8 Å². The first-order valence-electron chi connectivity index (χ1n) is 5.26. The third-order valence-electron chi connectivity index (χ3n) is 2.38. The van der Waals surface area contributed by atoms with E-state index < -0.39 is 5.97 Å². The van der Waals surface area contributed by atoms with Crippen molar-refractivity contribution in [2.75, 3.05) is 19.0 Å². The molecule has 0 aliphatic rings. The van der Waals surface area contributed by atoms with Crippen LogP contribution in [0.4, 0.5) is 5.69 Å². The van der Waals surface area contributed by atoms with Gasteiger partial charge in [-0.1, -0.05) is 13.0 Å². The summed E-state index contributed by atoms with van der Waals surface area (Å²) >= 11 is 0. The minimum atomic E-state index is -0.392. The monoisotopic (exact) mass is 236 g/mol. The van der Waals surface area contributed by atoms with Gasteiger partial charge in [-0.3, -0.25) is 4.79 Å². The number of hydrogen-bond donors (Lipinski definition) is 2. The zero-order chi connectivity index (χ0) is 12.8. The number of esters is 1. The molecule has 1 unspecified atom stereocenters. The normalized spacial score (nSPS) is 11.6. The number of primary amides is 1. The number of anilines is 1. The van der Waals surface area contributed by atoms with Crippen molar-refractivity contribution in [3.63, 3.8) is 0 Å². The highest BCUT2D eigenvalue weighted by Gasteiger charge is 2.09. The van der Waals surface area contributed by atoms with Gasteiger partial charge in [-0.05, 0) is 18.2 Å². The Morgan fingerprint density at radius 3 is 2.76 bits per heavy atom. The van der Waals surface area contributed by atoms with Gasteiger partial charge in [0.25, 0.3) is 0 Å². The molecule has 5 nitrogen and oxygen atoms in total. The van der Waals surface area contributed by atoms with Crippen LogP contribution in [0.25, 0.3) is 0 Å². The molecule has 1 atom stereocenters. The standard InChI is InChI=1S/C12H16N2O3/c1-8(11(13)15)7-14-10-5-3-4-9(6-10)12(16)17-2/h3-6,8,14H,7H2,1-2H3,(H2,13,15). The van der Waals surface area contributed by atoms with E-state index in [0.29, 0.717) is 12.1 Å². The Hall–Kier alpha value is -2.04. The molecule has 0 aromatic heterocycles. The summed E-state index contributed by atoms with van der Waals surface area (Å²) in [4.78, 5) is 22.1. The van der Waals surface area contributed by atoms with Crippen molar-refractivity contribution in [3.8, 4) is 0 Å². The minimum Gasteiger partial charge on any atom is -0.465 e. The van der Waals surface area contributed by atoms with E-state index in [1.54, 1.807) is 31.2 Å². The maximum Gasteiger partial charge on any atom is 0.337 e. The SMILES string of the molecule is COC(=O)c1cccc(NCC(C)C(N)=O)c1. The minimum absolute atomic E-state index is 0.267. The van der Waals surface area contributed by atoms with Crippen LogP contribution in [0.1, 0.15) is 17.3 Å². The van der Waals surface area contributed by atoms with E-state index in [0.717, 1.165) is 5.69 Å². The Kier molecular flexibility index (Phi) is 4.51. The molecule has 0 bridgehead atoms. The predicted octanol–water partition coefficient (Wildman–Crippen LogP) is 1.01. The molecule has 0 aliphatic heterocycles. The van der Waals surface area contributed by atoms with Crippen LogP contribution in [0, 0.1) is 5.92 Å². The Morgan fingerprint density at radius 2 is 2.18 bits per heavy atom. The molecule has 0 radical (unpaired) electrons. The number of hydrogen-bond acceptors (Lipinski definition) is 4. The van der Waals surface area contributed by atoms with E-state index in [4.69, 9.17) is 5.73 Å². The van der Waals surface area contributed by atoms with Crippen LogP contribution in [-0.2, 0) is 9.53 Å². The quantitative estimate of drug-likeness (QED) is 0.747. The lowest BCUT2D eigenvalue weighted by molar-refractivity contribution is -0.120. The summed E-state index contributed by atoms with van der Waals surface area (Å²) in [6.45, 7) is 2.17. The second-order valence-electron chi connectivity index (χ2n) is 3.76. The van der Waals surface area contributed by atoms with Crippen molar-refractivity contribution in [1.82, 2.24) is 0 Å². The van der Waals surface area contributed by atoms with Crippen molar-refractivity contribution in [2.24, 2.45) is 11.7 Å². The van der Waals surface area contributed by atoms with Gasteiger partial charge < -0.3 is 15.8 Å². The topological polar surface area (TPSA) is 81.4 Å². The number of nitrogens with two attached hydrogens (primary N) is 1. The molecule has 1 aromatic rings. The van der Waals surface area contributed by atoms with Gasteiger partial charge in [0.1, 0.15) is 0 Å². The van der Waals surface area contributed by atoms with E-state index >= 15 is 0 Å². The summed E-state index contributed by atoms with van der Waals surface area (Å²) in [5.41, 5.74) is 6.36. The molecule has 0 saturated carbocycles. The fourth-order valence-electron chi connectivity index (χ4n) is 1.25. The second kappa shape index (κ2) is 5.89. The van der Waals surface area contributed by atoms with Gasteiger partial charge in [0, 0.05) is 12.2 Å². The predicted molar refractivity (Wildman–Crippen MR) is 64.6 cm³/mol. The summed E-state index contributed by atoms with van der Waals surface area (Å²) in [5.74, 6) is -1.02. The number of benzene rings is 1. The maximum absolute atomic E-state index is 11.3. The molecule has 3 N–H and O–H groups in total. The number of carbonyl (C=O) groups is 2. The Bertz CT molecular complexity index is 418. The Balaban J connectivity index is 2.66. The molecule has 0 spiro atoms. The third-order valence-corrected chi connectivity index (χ3v) is 2.38. The van der Waals surface area contributed by atoms with Gasteiger partial charge in [-0.25, -0.2) is 4.79 Å². The first-order valence-corrected chi connectivity index (χ1v) is 5.26. The van der Waals surface area contributed by atoms with Crippen LogP contribution in [0.3, 0.4) is 0 Å². The highest BCUT2D eigenvalue weighted by Crippen LogP contribution is 2.12. The third kappa shape index (κ3) is 3.79. The molecule has 1 rings (SSSR count). The number of carbonyl (C=O) groups excluding carboxylic acids is 2. The highest BCUT2D eigenvalue weighted by atomic mass is 16.5. The zero-order valence-electron chi connectivity index (χ0n) is 9.90. The number of amides is 1. The van der Waals surface area contributed by atoms with Crippen LogP contribution < -0.4 is 11.1 Å². The Morgan fingerprint density at radius 1 is 1.47 bits per heavy atom. The van der Waals surface area contributed by atoms with Crippen LogP contribution in [0.5, 0.6) is 0 Å². The van der Waals surface area contributed by atoms with Crippen LogP contribution in [-0.4, -0.2) is 25.5 Å². The fraction of sp³-hybridized carbons (Fsp3) is 0.333. The van der Waals surface area contributed by atoms with Gasteiger partial charge in [0.15, 0.2) is 0 Å². The lowest BCUT2D eigenvalue weighted by Gasteiger charge is -2.10. The Labute approximate surface area is 99.9 Å². The molecular formula is C12H16N2O3. The highest BCUT2D eigenvalue weighted by molar-refractivity contribution is 5.90. The van der Waals surface area contributed by atoms with Crippen molar-refractivity contribution in [3.05, 3.63) is 29.8 Å². The average molecular weight is 236 g/mol. The van der Waals surface area contributed by atoms with Crippen LogP contribution in [0.2, 0.25) is 0 Å². The van der Waals surface area contributed by atoms with E-state index in [1.165, 1.54) is 7.11 Å².